The summed E-state index contributed by atoms with van der Waals surface area (Å²) in [7, 11) is 0. The summed E-state index contributed by atoms with van der Waals surface area (Å²) in [5.41, 5.74) is 0.629. The Morgan fingerprint density at radius 2 is 1.75 bits per heavy atom. The topological polar surface area (TPSA) is 78.4 Å². The van der Waals surface area contributed by atoms with E-state index in [9.17, 15) is 14.7 Å². The van der Waals surface area contributed by atoms with Gasteiger partial charge in [0.05, 0.1) is 6.54 Å². The van der Waals surface area contributed by atoms with Crippen molar-refractivity contribution in [2.75, 3.05) is 6.54 Å². The zero-order valence-electron chi connectivity index (χ0n) is 12.1. The predicted molar refractivity (Wildman–Crippen MR) is 77.3 cm³/mol. The highest BCUT2D eigenvalue weighted by Gasteiger charge is 2.20. The predicted octanol–water partition coefficient (Wildman–Crippen LogP) is 1.56. The first kappa shape index (κ1) is 16.2. The van der Waals surface area contributed by atoms with Gasteiger partial charge < -0.3 is 10.4 Å². The maximum Gasteiger partial charge on any atom is 0.325 e. The van der Waals surface area contributed by atoms with Gasteiger partial charge in [0, 0.05) is 6.04 Å². The Hall–Kier alpha value is -1.88. The summed E-state index contributed by atoms with van der Waals surface area (Å²) in [6, 6.07) is 7.99. The van der Waals surface area contributed by atoms with Crippen molar-refractivity contribution < 1.29 is 14.7 Å². The van der Waals surface area contributed by atoms with Crippen molar-refractivity contribution in [1.82, 2.24) is 10.6 Å². The summed E-state index contributed by atoms with van der Waals surface area (Å²) in [6.45, 7) is 5.93. The minimum absolute atomic E-state index is 0.0249. The fourth-order valence-electron chi connectivity index (χ4n) is 1.66. The fourth-order valence-corrected chi connectivity index (χ4v) is 1.66. The number of aliphatic carboxylic acids is 1. The average Bonchev–Trinajstić information content (AvgIpc) is 2.39. The average molecular weight is 278 g/mol. The van der Waals surface area contributed by atoms with Gasteiger partial charge in [0.25, 0.3) is 0 Å². The van der Waals surface area contributed by atoms with Crippen LogP contribution in [-0.2, 0) is 9.59 Å². The van der Waals surface area contributed by atoms with E-state index in [1.54, 1.807) is 24.3 Å². The van der Waals surface area contributed by atoms with E-state index in [1.807, 2.05) is 26.8 Å². The van der Waals surface area contributed by atoms with Crippen molar-refractivity contribution in [1.29, 1.82) is 0 Å². The van der Waals surface area contributed by atoms with E-state index in [0.29, 0.717) is 11.5 Å². The Bertz CT molecular complexity index is 446. The molecule has 5 heteroatoms. The first-order chi connectivity index (χ1) is 9.41. The molecule has 1 aromatic carbocycles. The molecule has 0 aliphatic rings. The lowest BCUT2D eigenvalue weighted by atomic mass is 10.1. The number of carboxylic acid groups (broad SMARTS) is 1. The largest absolute Gasteiger partial charge is 0.480 e. The summed E-state index contributed by atoms with van der Waals surface area (Å²) in [5.74, 6) is -0.863. The number of hydrogen-bond acceptors (Lipinski definition) is 3. The standard InChI is InChI=1S/C15H22N2O3/c1-10(2)11(3)17-13(18)9-16-14(15(19)20)12-7-5-4-6-8-12/h4-8,10-11,14,16H,9H2,1-3H3,(H,17,18)(H,19,20). The Morgan fingerprint density at radius 3 is 2.25 bits per heavy atom. The van der Waals surface area contributed by atoms with Crippen LogP contribution in [0.15, 0.2) is 30.3 Å². The molecule has 0 spiro atoms. The van der Waals surface area contributed by atoms with E-state index in [4.69, 9.17) is 0 Å². The molecule has 0 aliphatic heterocycles. The van der Waals surface area contributed by atoms with Gasteiger partial charge in [-0.2, -0.15) is 0 Å². The third kappa shape index (κ3) is 5.01. The highest BCUT2D eigenvalue weighted by Crippen LogP contribution is 2.12. The van der Waals surface area contributed by atoms with Gasteiger partial charge in [-0.25, -0.2) is 0 Å². The first-order valence-electron chi connectivity index (χ1n) is 6.72. The van der Waals surface area contributed by atoms with Crippen LogP contribution in [0.4, 0.5) is 0 Å². The molecular weight excluding hydrogens is 256 g/mol. The first-order valence-corrected chi connectivity index (χ1v) is 6.72. The summed E-state index contributed by atoms with van der Waals surface area (Å²) < 4.78 is 0. The Labute approximate surface area is 119 Å². The quantitative estimate of drug-likeness (QED) is 0.707. The highest BCUT2D eigenvalue weighted by molar-refractivity contribution is 5.80. The molecule has 2 atom stereocenters. The number of amides is 1. The maximum absolute atomic E-state index is 11.7. The Balaban J connectivity index is 2.57. The summed E-state index contributed by atoms with van der Waals surface area (Å²) >= 11 is 0. The maximum atomic E-state index is 11.7. The number of nitrogens with one attached hydrogen (secondary N) is 2. The molecule has 0 aromatic heterocycles. The van der Waals surface area contributed by atoms with Crippen LogP contribution in [0.5, 0.6) is 0 Å². The summed E-state index contributed by atoms with van der Waals surface area (Å²) in [4.78, 5) is 23.0. The van der Waals surface area contributed by atoms with E-state index in [2.05, 4.69) is 10.6 Å². The Kier molecular flexibility index (Phi) is 6.18. The van der Waals surface area contributed by atoms with Gasteiger partial charge >= 0.3 is 5.97 Å². The van der Waals surface area contributed by atoms with Crippen LogP contribution in [0, 0.1) is 5.92 Å². The van der Waals surface area contributed by atoms with Crippen LogP contribution in [0.3, 0.4) is 0 Å². The minimum atomic E-state index is -0.999. The second-order valence-corrected chi connectivity index (χ2v) is 5.16. The highest BCUT2D eigenvalue weighted by atomic mass is 16.4. The van der Waals surface area contributed by atoms with Gasteiger partial charge in [0.15, 0.2) is 0 Å². The van der Waals surface area contributed by atoms with Crippen LogP contribution in [0.25, 0.3) is 0 Å². The van der Waals surface area contributed by atoms with Crippen LogP contribution < -0.4 is 10.6 Å². The molecule has 0 bridgehead atoms. The van der Waals surface area contributed by atoms with Gasteiger partial charge in [-0.05, 0) is 18.4 Å². The third-order valence-electron chi connectivity index (χ3n) is 3.24. The second kappa shape index (κ2) is 7.65. The molecule has 0 saturated heterocycles. The molecule has 1 amide bonds. The van der Waals surface area contributed by atoms with Crippen molar-refractivity contribution in [3.8, 4) is 0 Å². The second-order valence-electron chi connectivity index (χ2n) is 5.16. The molecule has 0 fully saturated rings. The number of rotatable bonds is 7. The van der Waals surface area contributed by atoms with Gasteiger partial charge in [-0.15, -0.1) is 0 Å². The van der Waals surface area contributed by atoms with Crippen LogP contribution in [0.2, 0.25) is 0 Å². The molecule has 2 unspecified atom stereocenters. The molecule has 1 aromatic rings. The van der Waals surface area contributed by atoms with Gasteiger partial charge in [0.2, 0.25) is 5.91 Å². The molecule has 0 heterocycles. The number of carboxylic acids is 1. The number of benzene rings is 1. The molecular formula is C15H22N2O3. The molecule has 5 nitrogen and oxygen atoms in total. The molecule has 0 radical (unpaired) electrons. The molecule has 110 valence electrons. The fraction of sp³-hybridized carbons (Fsp3) is 0.467. The van der Waals surface area contributed by atoms with Crippen LogP contribution in [0.1, 0.15) is 32.4 Å². The molecule has 3 N–H and O–H groups in total. The molecule has 0 saturated carbocycles. The zero-order chi connectivity index (χ0) is 15.1. The van der Waals surface area contributed by atoms with E-state index in [0.717, 1.165) is 0 Å². The minimum Gasteiger partial charge on any atom is -0.480 e. The number of hydrogen-bond donors (Lipinski definition) is 3. The third-order valence-corrected chi connectivity index (χ3v) is 3.24. The SMILES string of the molecule is CC(C)C(C)NC(=O)CNC(C(=O)O)c1ccccc1. The smallest absolute Gasteiger partial charge is 0.325 e. The van der Waals surface area contributed by atoms with Crippen molar-refractivity contribution in [3.05, 3.63) is 35.9 Å². The lowest BCUT2D eigenvalue weighted by Crippen LogP contribution is -2.43. The van der Waals surface area contributed by atoms with Gasteiger partial charge in [0.1, 0.15) is 6.04 Å². The van der Waals surface area contributed by atoms with Crippen molar-refractivity contribution in [2.24, 2.45) is 5.92 Å². The Morgan fingerprint density at radius 1 is 1.15 bits per heavy atom. The van der Waals surface area contributed by atoms with E-state index in [1.165, 1.54) is 0 Å². The normalized spacial score (nSPS) is 13.8. The lowest BCUT2D eigenvalue weighted by molar-refractivity contribution is -0.139. The summed E-state index contributed by atoms with van der Waals surface area (Å²) in [6.07, 6.45) is 0. The van der Waals surface area contributed by atoms with Crippen LogP contribution >= 0.6 is 0 Å². The molecule has 20 heavy (non-hydrogen) atoms. The van der Waals surface area contributed by atoms with Crippen molar-refractivity contribution >= 4 is 11.9 Å². The van der Waals surface area contributed by atoms with Gasteiger partial charge in [-0.3, -0.25) is 14.9 Å². The lowest BCUT2D eigenvalue weighted by Gasteiger charge is -2.19. The van der Waals surface area contributed by atoms with E-state index < -0.39 is 12.0 Å². The van der Waals surface area contributed by atoms with E-state index >= 15 is 0 Å². The van der Waals surface area contributed by atoms with Crippen molar-refractivity contribution in [2.45, 2.75) is 32.9 Å². The molecule has 1 rings (SSSR count). The van der Waals surface area contributed by atoms with Crippen molar-refractivity contribution in [3.63, 3.8) is 0 Å². The number of carbonyl (C=O) groups is 2. The zero-order valence-corrected chi connectivity index (χ0v) is 12.1. The molecule has 0 aliphatic carbocycles. The number of carbonyl (C=O) groups excluding carboxylic acids is 1. The van der Waals surface area contributed by atoms with Gasteiger partial charge in [-0.1, -0.05) is 44.2 Å². The van der Waals surface area contributed by atoms with E-state index in [-0.39, 0.29) is 18.5 Å². The summed E-state index contributed by atoms with van der Waals surface area (Å²) in [5, 5.41) is 14.8. The van der Waals surface area contributed by atoms with Crippen LogP contribution in [-0.4, -0.2) is 29.6 Å². The monoisotopic (exact) mass is 278 g/mol.